The van der Waals surface area contributed by atoms with Crippen molar-refractivity contribution in [3.63, 3.8) is 0 Å². The fourth-order valence-corrected chi connectivity index (χ4v) is 4.62. The number of hydrogen-bond donors (Lipinski definition) is 0. The third kappa shape index (κ3) is 4.31. The smallest absolute Gasteiger partial charge is 0.175 e. The number of methoxy groups -OCH3 is 2. The number of nitrogens with zero attached hydrogens (tertiary/aromatic N) is 5. The lowest BCUT2D eigenvalue weighted by atomic mass is 10.2. The van der Waals surface area contributed by atoms with Crippen molar-refractivity contribution in [3.05, 3.63) is 58.9 Å². The highest BCUT2D eigenvalue weighted by Gasteiger charge is 2.11. The Bertz CT molecular complexity index is 1150. The summed E-state index contributed by atoms with van der Waals surface area (Å²) in [6.07, 6.45) is 0. The lowest BCUT2D eigenvalue weighted by Crippen LogP contribution is -2.03. The SMILES string of the molecule is COc1ccc(-c2nc(CSc3ccc(-n4nc(C)cc4C)nn3)cs2)cc1OC. The number of benzene rings is 1. The van der Waals surface area contributed by atoms with Crippen LogP contribution in [0.3, 0.4) is 0 Å². The summed E-state index contributed by atoms with van der Waals surface area (Å²) in [5, 5.41) is 16.9. The number of aryl methyl sites for hydroxylation is 2. The summed E-state index contributed by atoms with van der Waals surface area (Å²) < 4.78 is 12.5. The van der Waals surface area contributed by atoms with Gasteiger partial charge < -0.3 is 9.47 Å². The Balaban J connectivity index is 1.43. The molecule has 3 aromatic heterocycles. The van der Waals surface area contributed by atoms with Gasteiger partial charge in [-0.15, -0.1) is 21.5 Å². The molecule has 0 unspecified atom stereocenters. The van der Waals surface area contributed by atoms with Crippen LogP contribution in [0.4, 0.5) is 0 Å². The molecule has 154 valence electrons. The molecular formula is C21H21N5O2S2. The van der Waals surface area contributed by atoms with Crippen molar-refractivity contribution in [2.75, 3.05) is 14.2 Å². The molecule has 0 amide bonds. The van der Waals surface area contributed by atoms with Crippen LogP contribution in [-0.2, 0) is 5.75 Å². The minimum Gasteiger partial charge on any atom is -0.493 e. The minimum atomic E-state index is 0.694. The predicted molar refractivity (Wildman–Crippen MR) is 119 cm³/mol. The number of hydrogen-bond acceptors (Lipinski definition) is 8. The van der Waals surface area contributed by atoms with Crippen LogP contribution in [0.5, 0.6) is 11.5 Å². The first-order valence-electron chi connectivity index (χ1n) is 9.24. The maximum atomic E-state index is 5.39. The summed E-state index contributed by atoms with van der Waals surface area (Å²) in [4.78, 5) is 4.74. The van der Waals surface area contributed by atoms with E-state index in [-0.39, 0.29) is 0 Å². The summed E-state index contributed by atoms with van der Waals surface area (Å²) in [6.45, 7) is 3.97. The quantitative estimate of drug-likeness (QED) is 0.386. The van der Waals surface area contributed by atoms with E-state index >= 15 is 0 Å². The Kier molecular flexibility index (Phi) is 6.01. The van der Waals surface area contributed by atoms with Gasteiger partial charge in [0.05, 0.1) is 25.6 Å². The van der Waals surface area contributed by atoms with Crippen molar-refractivity contribution in [3.8, 4) is 27.9 Å². The van der Waals surface area contributed by atoms with Crippen molar-refractivity contribution in [1.29, 1.82) is 0 Å². The van der Waals surface area contributed by atoms with E-state index in [1.807, 2.05) is 50.2 Å². The highest BCUT2D eigenvalue weighted by Crippen LogP contribution is 2.34. The first-order valence-corrected chi connectivity index (χ1v) is 11.1. The van der Waals surface area contributed by atoms with E-state index in [0.29, 0.717) is 17.3 Å². The monoisotopic (exact) mass is 439 g/mol. The van der Waals surface area contributed by atoms with Crippen LogP contribution in [0.2, 0.25) is 0 Å². The Morgan fingerprint density at radius 1 is 1.00 bits per heavy atom. The van der Waals surface area contributed by atoms with Gasteiger partial charge in [-0.2, -0.15) is 5.10 Å². The lowest BCUT2D eigenvalue weighted by molar-refractivity contribution is 0.355. The van der Waals surface area contributed by atoms with Crippen LogP contribution in [-0.4, -0.2) is 39.2 Å². The normalized spacial score (nSPS) is 10.9. The van der Waals surface area contributed by atoms with E-state index in [4.69, 9.17) is 14.5 Å². The predicted octanol–water partition coefficient (Wildman–Crippen LogP) is 4.71. The molecule has 9 heteroatoms. The molecule has 0 aliphatic rings. The third-order valence-electron chi connectivity index (χ3n) is 4.40. The van der Waals surface area contributed by atoms with Crippen molar-refractivity contribution < 1.29 is 9.47 Å². The molecule has 0 saturated heterocycles. The van der Waals surface area contributed by atoms with Crippen LogP contribution in [0.15, 0.2) is 46.8 Å². The molecule has 0 spiro atoms. The molecule has 0 radical (unpaired) electrons. The van der Waals surface area contributed by atoms with Gasteiger partial charge in [0.2, 0.25) is 0 Å². The molecule has 0 bridgehead atoms. The molecule has 30 heavy (non-hydrogen) atoms. The van der Waals surface area contributed by atoms with E-state index in [1.54, 1.807) is 42.0 Å². The highest BCUT2D eigenvalue weighted by atomic mass is 32.2. The zero-order valence-electron chi connectivity index (χ0n) is 17.1. The molecule has 3 heterocycles. The van der Waals surface area contributed by atoms with Gasteiger partial charge in [-0.1, -0.05) is 11.8 Å². The molecule has 0 aliphatic carbocycles. The number of rotatable bonds is 7. The van der Waals surface area contributed by atoms with Crippen molar-refractivity contribution >= 4 is 23.1 Å². The van der Waals surface area contributed by atoms with Crippen LogP contribution in [0, 0.1) is 13.8 Å². The highest BCUT2D eigenvalue weighted by molar-refractivity contribution is 7.98. The number of thioether (sulfide) groups is 1. The van der Waals surface area contributed by atoms with Gasteiger partial charge in [0, 0.05) is 22.4 Å². The Morgan fingerprint density at radius 2 is 1.83 bits per heavy atom. The fourth-order valence-electron chi connectivity index (χ4n) is 2.99. The van der Waals surface area contributed by atoms with Gasteiger partial charge in [0.1, 0.15) is 10.0 Å². The largest absolute Gasteiger partial charge is 0.493 e. The molecule has 7 nitrogen and oxygen atoms in total. The van der Waals surface area contributed by atoms with Crippen LogP contribution in [0.25, 0.3) is 16.4 Å². The molecule has 4 rings (SSSR count). The molecule has 4 aromatic rings. The van der Waals surface area contributed by atoms with Gasteiger partial charge in [-0.3, -0.25) is 0 Å². The average Bonchev–Trinajstić information content (AvgIpc) is 3.38. The fraction of sp³-hybridized carbons (Fsp3) is 0.238. The van der Waals surface area contributed by atoms with E-state index in [9.17, 15) is 0 Å². The number of aromatic nitrogens is 5. The van der Waals surface area contributed by atoms with Crippen molar-refractivity contribution in [1.82, 2.24) is 25.0 Å². The molecule has 1 aromatic carbocycles. The van der Waals surface area contributed by atoms with Crippen molar-refractivity contribution in [2.24, 2.45) is 0 Å². The second kappa shape index (κ2) is 8.85. The van der Waals surface area contributed by atoms with E-state index in [1.165, 1.54) is 0 Å². The average molecular weight is 440 g/mol. The van der Waals surface area contributed by atoms with Gasteiger partial charge in [0.15, 0.2) is 17.3 Å². The summed E-state index contributed by atoms with van der Waals surface area (Å²) in [6, 6.07) is 11.7. The second-order valence-corrected chi connectivity index (χ2v) is 8.42. The number of thiazole rings is 1. The molecule has 0 N–H and O–H groups in total. The van der Waals surface area contributed by atoms with Gasteiger partial charge >= 0.3 is 0 Å². The van der Waals surface area contributed by atoms with E-state index in [2.05, 4.69) is 20.7 Å². The standard InChI is InChI=1S/C21H21N5O2S2/c1-13-9-14(2)26(25-13)19-7-8-20(24-23-19)29-11-16-12-30-21(22-16)15-5-6-17(27-3)18(10-15)28-4/h5-10,12H,11H2,1-4H3. The molecule has 0 atom stereocenters. The first kappa shape index (κ1) is 20.4. The maximum Gasteiger partial charge on any atom is 0.175 e. The summed E-state index contributed by atoms with van der Waals surface area (Å²) >= 11 is 3.21. The molecule has 0 fully saturated rings. The van der Waals surface area contributed by atoms with E-state index in [0.717, 1.165) is 38.4 Å². The zero-order valence-corrected chi connectivity index (χ0v) is 18.8. The van der Waals surface area contributed by atoms with Crippen LogP contribution in [0.1, 0.15) is 17.1 Å². The summed E-state index contributed by atoms with van der Waals surface area (Å²) in [5.74, 6) is 2.84. The van der Waals surface area contributed by atoms with E-state index < -0.39 is 0 Å². The summed E-state index contributed by atoms with van der Waals surface area (Å²) in [5.41, 5.74) is 4.00. The van der Waals surface area contributed by atoms with Crippen molar-refractivity contribution in [2.45, 2.75) is 24.6 Å². The lowest BCUT2D eigenvalue weighted by Gasteiger charge is -2.08. The molecule has 0 aliphatic heterocycles. The van der Waals surface area contributed by atoms with Gasteiger partial charge in [-0.05, 0) is 50.2 Å². The van der Waals surface area contributed by atoms with Gasteiger partial charge in [0.25, 0.3) is 0 Å². The topological polar surface area (TPSA) is 75.0 Å². The Morgan fingerprint density at radius 3 is 2.50 bits per heavy atom. The second-order valence-electron chi connectivity index (χ2n) is 6.57. The third-order valence-corrected chi connectivity index (χ3v) is 6.30. The van der Waals surface area contributed by atoms with Crippen LogP contribution < -0.4 is 9.47 Å². The Labute approximate surface area is 183 Å². The first-order chi connectivity index (χ1) is 14.6. The zero-order chi connectivity index (χ0) is 21.1. The van der Waals surface area contributed by atoms with Gasteiger partial charge in [-0.25, -0.2) is 9.67 Å². The van der Waals surface area contributed by atoms with Crippen LogP contribution >= 0.6 is 23.1 Å². The number of ether oxygens (including phenoxy) is 2. The maximum absolute atomic E-state index is 5.39. The molecule has 0 saturated carbocycles. The minimum absolute atomic E-state index is 0.694. The molecular weight excluding hydrogens is 418 g/mol. The Hall–Kier alpha value is -2.91. The summed E-state index contributed by atoms with van der Waals surface area (Å²) in [7, 11) is 3.26.